The van der Waals surface area contributed by atoms with Crippen LogP contribution in [0.2, 0.25) is 0 Å². The molecule has 64 heavy (non-hydrogen) atoms. The number of unbranched alkanes of at least 4 members (excludes halogenated alkanes) is 31. The number of likely N-dealkylation sites (N-methyl/N-ethyl adjacent to an activating group) is 1. The third kappa shape index (κ3) is 47.7. The molecule has 0 aromatic heterocycles. The van der Waals surface area contributed by atoms with Crippen LogP contribution >= 0.6 is 0 Å². The van der Waals surface area contributed by atoms with Crippen LogP contribution in [-0.4, -0.2) is 82.3 Å². The van der Waals surface area contributed by atoms with Crippen LogP contribution in [0.4, 0.5) is 0 Å². The fourth-order valence-corrected chi connectivity index (χ4v) is 7.70. The standard InChI is InChI=1S/C55H103NO8/c1-6-8-10-12-14-16-18-20-22-24-25-26-27-28-29-30-32-34-36-38-40-42-44-46-53(58)64-51(50-63-55(54(59)60)61-48-47-56(3,4)5)49-62-52(57)45-43-41-39-37-35-33-31-23-21-19-17-15-13-11-9-7-2/h23-25,31,51,55H,6-22,26-30,32-50H2,1-5H3/b25-24-,31-23-. The summed E-state index contributed by atoms with van der Waals surface area (Å²) >= 11 is 0. The van der Waals surface area contributed by atoms with E-state index in [4.69, 9.17) is 18.9 Å². The molecule has 0 bridgehead atoms. The topological polar surface area (TPSA) is 111 Å². The first-order valence-corrected chi connectivity index (χ1v) is 27.0. The molecule has 0 aliphatic rings. The summed E-state index contributed by atoms with van der Waals surface area (Å²) in [7, 11) is 5.92. The van der Waals surface area contributed by atoms with Crippen LogP contribution in [0.3, 0.4) is 0 Å². The van der Waals surface area contributed by atoms with E-state index in [1.165, 1.54) is 167 Å². The Labute approximate surface area is 395 Å². The van der Waals surface area contributed by atoms with Crippen LogP contribution in [0.5, 0.6) is 0 Å². The van der Waals surface area contributed by atoms with E-state index >= 15 is 0 Å². The minimum Gasteiger partial charge on any atom is -0.545 e. The number of carbonyl (C=O) groups excluding carboxylic acids is 3. The summed E-state index contributed by atoms with van der Waals surface area (Å²) < 4.78 is 22.7. The van der Waals surface area contributed by atoms with E-state index in [9.17, 15) is 19.5 Å². The van der Waals surface area contributed by atoms with Crippen molar-refractivity contribution in [2.45, 2.75) is 264 Å². The van der Waals surface area contributed by atoms with Crippen LogP contribution in [0, 0.1) is 0 Å². The van der Waals surface area contributed by atoms with Crippen molar-refractivity contribution in [1.82, 2.24) is 0 Å². The van der Waals surface area contributed by atoms with E-state index in [2.05, 4.69) is 38.2 Å². The number of hydrogen-bond acceptors (Lipinski definition) is 8. The molecular weight excluding hydrogens is 803 g/mol. The van der Waals surface area contributed by atoms with Crippen LogP contribution < -0.4 is 5.11 Å². The van der Waals surface area contributed by atoms with Gasteiger partial charge in [-0.3, -0.25) is 9.59 Å². The molecule has 0 amide bonds. The number of carboxylic acids is 1. The highest BCUT2D eigenvalue weighted by atomic mass is 16.7. The molecule has 0 aliphatic carbocycles. The monoisotopic (exact) mass is 906 g/mol. The predicted octanol–water partition coefficient (Wildman–Crippen LogP) is 13.8. The molecule has 0 aromatic rings. The molecule has 0 saturated carbocycles. The van der Waals surface area contributed by atoms with Crippen LogP contribution in [0.1, 0.15) is 251 Å². The minimum absolute atomic E-state index is 0.148. The third-order valence-corrected chi connectivity index (χ3v) is 11.9. The molecule has 0 spiro atoms. The first kappa shape index (κ1) is 61.8. The molecule has 0 N–H and O–H groups in total. The Morgan fingerprint density at radius 1 is 0.453 bits per heavy atom. The maximum atomic E-state index is 12.8. The quantitative estimate of drug-likeness (QED) is 0.0195. The number of allylic oxidation sites excluding steroid dienone is 4. The number of ether oxygens (including phenoxy) is 4. The predicted molar refractivity (Wildman–Crippen MR) is 265 cm³/mol. The van der Waals surface area contributed by atoms with Gasteiger partial charge in [0, 0.05) is 12.8 Å². The average Bonchev–Trinajstić information content (AvgIpc) is 3.26. The Morgan fingerprint density at radius 3 is 1.16 bits per heavy atom. The molecule has 0 heterocycles. The van der Waals surface area contributed by atoms with E-state index in [1.54, 1.807) is 0 Å². The number of carbonyl (C=O) groups is 3. The lowest BCUT2D eigenvalue weighted by atomic mass is 10.0. The second kappa shape index (κ2) is 47.3. The van der Waals surface area contributed by atoms with Crippen molar-refractivity contribution >= 4 is 17.9 Å². The summed E-state index contributed by atoms with van der Waals surface area (Å²) in [6.07, 6.45) is 50.7. The summed E-state index contributed by atoms with van der Waals surface area (Å²) in [6, 6.07) is 0. The first-order valence-electron chi connectivity index (χ1n) is 27.0. The highest BCUT2D eigenvalue weighted by Crippen LogP contribution is 2.16. The molecule has 9 heteroatoms. The molecule has 0 radical (unpaired) electrons. The van der Waals surface area contributed by atoms with Crippen LogP contribution in [0.25, 0.3) is 0 Å². The van der Waals surface area contributed by atoms with Gasteiger partial charge in [-0.25, -0.2) is 0 Å². The number of hydrogen-bond donors (Lipinski definition) is 0. The van der Waals surface area contributed by atoms with Crippen LogP contribution in [0.15, 0.2) is 24.3 Å². The van der Waals surface area contributed by atoms with Crippen molar-refractivity contribution in [3.8, 4) is 0 Å². The smallest absolute Gasteiger partial charge is 0.306 e. The fourth-order valence-electron chi connectivity index (χ4n) is 7.70. The van der Waals surface area contributed by atoms with Gasteiger partial charge in [0.25, 0.3) is 0 Å². The molecule has 9 nitrogen and oxygen atoms in total. The van der Waals surface area contributed by atoms with Crippen molar-refractivity contribution in [1.29, 1.82) is 0 Å². The normalized spacial score (nSPS) is 13.0. The van der Waals surface area contributed by atoms with Gasteiger partial charge in [-0.1, -0.05) is 199 Å². The molecule has 376 valence electrons. The van der Waals surface area contributed by atoms with Gasteiger partial charge >= 0.3 is 11.9 Å². The zero-order valence-electron chi connectivity index (χ0n) is 42.7. The Balaban J connectivity index is 4.28. The fraction of sp³-hybridized carbons (Fsp3) is 0.873. The van der Waals surface area contributed by atoms with Gasteiger partial charge in [0.2, 0.25) is 0 Å². The van der Waals surface area contributed by atoms with Crippen molar-refractivity contribution in [2.75, 3.05) is 47.5 Å². The summed E-state index contributed by atoms with van der Waals surface area (Å²) in [5.74, 6) is -2.28. The van der Waals surface area contributed by atoms with Crippen molar-refractivity contribution < 1.29 is 42.9 Å². The van der Waals surface area contributed by atoms with Gasteiger partial charge in [0.15, 0.2) is 12.4 Å². The van der Waals surface area contributed by atoms with E-state index in [-0.39, 0.29) is 38.6 Å². The maximum Gasteiger partial charge on any atom is 0.306 e. The van der Waals surface area contributed by atoms with Crippen molar-refractivity contribution in [3.05, 3.63) is 24.3 Å². The lowest BCUT2D eigenvalue weighted by Crippen LogP contribution is -2.44. The number of carboxylic acid groups (broad SMARTS) is 1. The Bertz CT molecular complexity index is 1100. The van der Waals surface area contributed by atoms with E-state index in [0.29, 0.717) is 17.4 Å². The lowest BCUT2D eigenvalue weighted by Gasteiger charge is -2.26. The van der Waals surface area contributed by atoms with Gasteiger partial charge in [-0.2, -0.15) is 0 Å². The van der Waals surface area contributed by atoms with E-state index in [0.717, 1.165) is 51.4 Å². The van der Waals surface area contributed by atoms with Gasteiger partial charge < -0.3 is 33.3 Å². The van der Waals surface area contributed by atoms with Gasteiger partial charge in [-0.05, 0) is 64.2 Å². The van der Waals surface area contributed by atoms with Gasteiger partial charge in [-0.15, -0.1) is 0 Å². The Kier molecular flexibility index (Phi) is 45.6. The highest BCUT2D eigenvalue weighted by Gasteiger charge is 2.22. The van der Waals surface area contributed by atoms with E-state index < -0.39 is 24.3 Å². The number of esters is 2. The van der Waals surface area contributed by atoms with Crippen molar-refractivity contribution in [3.63, 3.8) is 0 Å². The molecule has 0 aromatic carbocycles. The van der Waals surface area contributed by atoms with Crippen molar-refractivity contribution in [2.24, 2.45) is 0 Å². The SMILES string of the molecule is CCCCCCCCC/C=C\CCCCCCCC(=O)OCC(COC(OCC[N+](C)(C)C)C(=O)[O-])OC(=O)CCCCCCCCCCCCC/C=C\CCCCCCCCCC. The molecular formula is C55H103NO8. The molecule has 0 rings (SSSR count). The largest absolute Gasteiger partial charge is 0.545 e. The highest BCUT2D eigenvalue weighted by molar-refractivity contribution is 5.70. The number of aliphatic carboxylic acids is 1. The van der Waals surface area contributed by atoms with Gasteiger partial charge in [0.1, 0.15) is 13.2 Å². The second-order valence-electron chi connectivity index (χ2n) is 19.5. The third-order valence-electron chi connectivity index (χ3n) is 11.9. The molecule has 2 atom stereocenters. The Hall–Kier alpha value is -2.23. The molecule has 2 unspecified atom stereocenters. The summed E-state index contributed by atoms with van der Waals surface area (Å²) in [4.78, 5) is 37.2. The van der Waals surface area contributed by atoms with Gasteiger partial charge in [0.05, 0.1) is 40.3 Å². The summed E-state index contributed by atoms with van der Waals surface area (Å²) in [6.45, 7) is 4.76. The summed E-state index contributed by atoms with van der Waals surface area (Å²) in [5.41, 5.74) is 0. The summed E-state index contributed by atoms with van der Waals surface area (Å²) in [5, 5.41) is 11.7. The number of rotatable bonds is 50. The lowest BCUT2D eigenvalue weighted by molar-refractivity contribution is -0.870. The molecule has 0 saturated heterocycles. The first-order chi connectivity index (χ1) is 31.1. The molecule has 0 aliphatic heterocycles. The number of nitrogens with zero attached hydrogens (tertiary/aromatic N) is 1. The zero-order chi connectivity index (χ0) is 47.0. The Morgan fingerprint density at radius 2 is 0.797 bits per heavy atom. The van der Waals surface area contributed by atoms with Crippen LogP contribution in [-0.2, 0) is 33.3 Å². The average molecular weight is 906 g/mol. The zero-order valence-corrected chi connectivity index (χ0v) is 42.7. The number of quaternary nitrogens is 1. The maximum absolute atomic E-state index is 12.8. The second-order valence-corrected chi connectivity index (χ2v) is 19.5. The minimum atomic E-state index is -1.62. The van der Waals surface area contributed by atoms with E-state index in [1.807, 2.05) is 21.1 Å². The molecule has 0 fully saturated rings.